The molecule has 0 aliphatic heterocycles. The molecule has 0 saturated heterocycles. The van der Waals surface area contributed by atoms with Gasteiger partial charge in [-0.1, -0.05) is 17.7 Å². The van der Waals surface area contributed by atoms with E-state index in [1.165, 1.54) is 12.1 Å². The van der Waals surface area contributed by atoms with Gasteiger partial charge in [-0.15, -0.1) is 0 Å². The van der Waals surface area contributed by atoms with Crippen LogP contribution in [0, 0.1) is 5.82 Å². The van der Waals surface area contributed by atoms with Crippen LogP contribution in [0.25, 0.3) is 0 Å². The van der Waals surface area contributed by atoms with Gasteiger partial charge in [0.1, 0.15) is 5.82 Å². The van der Waals surface area contributed by atoms with E-state index in [2.05, 4.69) is 4.74 Å². The second-order valence-electron chi connectivity index (χ2n) is 2.65. The van der Waals surface area contributed by atoms with Crippen molar-refractivity contribution in [3.63, 3.8) is 0 Å². The number of carbonyl (C=O) groups is 2. The Bertz CT molecular complexity index is 404. The number of benzene rings is 1. The molecule has 0 aliphatic rings. The third-order valence-corrected chi connectivity index (χ3v) is 2.04. The van der Waals surface area contributed by atoms with Gasteiger partial charge in [-0.3, -0.25) is 4.79 Å². The van der Waals surface area contributed by atoms with Crippen LogP contribution >= 0.6 is 11.6 Å². The number of ether oxygens (including phenoxy) is 1. The van der Waals surface area contributed by atoms with Gasteiger partial charge >= 0.3 is 5.97 Å². The van der Waals surface area contributed by atoms with Gasteiger partial charge in [0.2, 0.25) is 0 Å². The first-order valence-corrected chi connectivity index (χ1v) is 4.61. The third-order valence-electron chi connectivity index (χ3n) is 1.66. The third kappa shape index (κ3) is 2.53. The molecule has 3 nitrogen and oxygen atoms in total. The van der Waals surface area contributed by atoms with Crippen LogP contribution in [0.4, 0.5) is 4.39 Å². The average Bonchev–Trinajstić information content (AvgIpc) is 2.21. The average molecular weight is 231 g/mol. The standard InChI is InChI=1S/C10H8ClFO3/c1-2-15-10(14)9(13)6-4-3-5-7(12)8(6)11/h3-5H,2H2,1H3. The van der Waals surface area contributed by atoms with Crippen molar-refractivity contribution in [1.29, 1.82) is 0 Å². The molecule has 0 bridgehead atoms. The number of hydrogen-bond donors (Lipinski definition) is 0. The first kappa shape index (κ1) is 11.7. The topological polar surface area (TPSA) is 43.4 Å². The summed E-state index contributed by atoms with van der Waals surface area (Å²) in [6.07, 6.45) is 0. The van der Waals surface area contributed by atoms with Gasteiger partial charge in [0.05, 0.1) is 17.2 Å². The molecule has 0 radical (unpaired) electrons. The highest BCUT2D eigenvalue weighted by Crippen LogP contribution is 2.20. The first-order chi connectivity index (χ1) is 7.07. The van der Waals surface area contributed by atoms with Crippen LogP contribution in [0.15, 0.2) is 18.2 Å². The van der Waals surface area contributed by atoms with E-state index in [-0.39, 0.29) is 17.2 Å². The van der Waals surface area contributed by atoms with Crippen LogP contribution in [-0.4, -0.2) is 18.4 Å². The number of carbonyl (C=O) groups excluding carboxylic acids is 2. The zero-order chi connectivity index (χ0) is 11.4. The molecule has 5 heteroatoms. The summed E-state index contributed by atoms with van der Waals surface area (Å²) >= 11 is 5.53. The highest BCUT2D eigenvalue weighted by molar-refractivity contribution is 6.45. The van der Waals surface area contributed by atoms with Gasteiger partial charge in [0, 0.05) is 0 Å². The lowest BCUT2D eigenvalue weighted by Crippen LogP contribution is -2.18. The van der Waals surface area contributed by atoms with Gasteiger partial charge in [0.25, 0.3) is 5.78 Å². The van der Waals surface area contributed by atoms with Crippen molar-refractivity contribution < 1.29 is 18.7 Å². The van der Waals surface area contributed by atoms with E-state index in [0.717, 1.165) is 6.07 Å². The maximum Gasteiger partial charge on any atom is 0.379 e. The summed E-state index contributed by atoms with van der Waals surface area (Å²) < 4.78 is 17.4. The molecule has 0 aromatic heterocycles. The van der Waals surface area contributed by atoms with Gasteiger partial charge in [-0.05, 0) is 19.1 Å². The van der Waals surface area contributed by atoms with E-state index < -0.39 is 17.6 Å². The summed E-state index contributed by atoms with van der Waals surface area (Å²) in [6.45, 7) is 1.65. The molecule has 1 rings (SSSR count). The molecule has 0 fully saturated rings. The van der Waals surface area contributed by atoms with E-state index in [4.69, 9.17) is 11.6 Å². The minimum absolute atomic E-state index is 0.0809. The largest absolute Gasteiger partial charge is 0.460 e. The molecule has 0 heterocycles. The van der Waals surface area contributed by atoms with Crippen LogP contribution in [-0.2, 0) is 9.53 Å². The Morgan fingerprint density at radius 2 is 2.13 bits per heavy atom. The highest BCUT2D eigenvalue weighted by atomic mass is 35.5. The summed E-state index contributed by atoms with van der Waals surface area (Å²) in [7, 11) is 0. The summed E-state index contributed by atoms with van der Waals surface area (Å²) in [5, 5.41) is -0.365. The van der Waals surface area contributed by atoms with Crippen LogP contribution in [0.1, 0.15) is 17.3 Å². The molecule has 15 heavy (non-hydrogen) atoms. The SMILES string of the molecule is CCOC(=O)C(=O)c1cccc(F)c1Cl. The minimum Gasteiger partial charge on any atom is -0.460 e. The monoisotopic (exact) mass is 230 g/mol. The molecule has 0 spiro atoms. The van der Waals surface area contributed by atoms with Crippen molar-refractivity contribution in [3.8, 4) is 0 Å². The maximum absolute atomic E-state index is 13.0. The van der Waals surface area contributed by atoms with E-state index in [0.29, 0.717) is 0 Å². The lowest BCUT2D eigenvalue weighted by Gasteiger charge is -2.03. The van der Waals surface area contributed by atoms with Gasteiger partial charge in [-0.25, -0.2) is 9.18 Å². The number of halogens is 2. The summed E-state index contributed by atoms with van der Waals surface area (Å²) in [6, 6.07) is 3.67. The fourth-order valence-electron chi connectivity index (χ4n) is 0.986. The van der Waals surface area contributed by atoms with Crippen molar-refractivity contribution in [2.75, 3.05) is 6.61 Å². The molecular weight excluding hydrogens is 223 g/mol. The van der Waals surface area contributed by atoms with E-state index in [9.17, 15) is 14.0 Å². The Kier molecular flexibility index (Phi) is 3.80. The second-order valence-corrected chi connectivity index (χ2v) is 3.03. The minimum atomic E-state index is -1.04. The maximum atomic E-state index is 13.0. The molecular formula is C10H8ClFO3. The molecule has 80 valence electrons. The smallest absolute Gasteiger partial charge is 0.379 e. The zero-order valence-electron chi connectivity index (χ0n) is 7.92. The predicted molar refractivity (Wildman–Crippen MR) is 52.4 cm³/mol. The lowest BCUT2D eigenvalue weighted by atomic mass is 10.1. The normalized spacial score (nSPS) is 9.80. The van der Waals surface area contributed by atoms with Gasteiger partial charge in [0.15, 0.2) is 0 Å². The summed E-state index contributed by atoms with van der Waals surface area (Å²) in [4.78, 5) is 22.4. The fraction of sp³-hybridized carbons (Fsp3) is 0.200. The van der Waals surface area contributed by atoms with E-state index >= 15 is 0 Å². The number of Topliss-reactive ketones (excluding diaryl/α,β-unsaturated/α-hetero) is 1. The van der Waals surface area contributed by atoms with Gasteiger partial charge < -0.3 is 4.74 Å². The van der Waals surface area contributed by atoms with Crippen molar-refractivity contribution >= 4 is 23.4 Å². The van der Waals surface area contributed by atoms with Crippen LogP contribution in [0.3, 0.4) is 0 Å². The van der Waals surface area contributed by atoms with E-state index in [1.54, 1.807) is 6.92 Å². The molecule has 0 aliphatic carbocycles. The van der Waals surface area contributed by atoms with Crippen LogP contribution in [0.2, 0.25) is 5.02 Å². The Morgan fingerprint density at radius 3 is 2.73 bits per heavy atom. The van der Waals surface area contributed by atoms with Crippen LogP contribution < -0.4 is 0 Å². The fourth-order valence-corrected chi connectivity index (χ4v) is 1.20. The second kappa shape index (κ2) is 4.89. The quantitative estimate of drug-likeness (QED) is 0.454. The number of rotatable bonds is 3. The predicted octanol–water partition coefficient (Wildman–Crippen LogP) is 2.22. The molecule has 0 saturated carbocycles. The Hall–Kier alpha value is -1.42. The molecule has 0 atom stereocenters. The van der Waals surface area contributed by atoms with Gasteiger partial charge in [-0.2, -0.15) is 0 Å². The Balaban J connectivity index is 3.01. The molecule has 0 unspecified atom stereocenters. The zero-order valence-corrected chi connectivity index (χ0v) is 8.68. The van der Waals surface area contributed by atoms with Crippen molar-refractivity contribution in [1.82, 2.24) is 0 Å². The number of hydrogen-bond acceptors (Lipinski definition) is 3. The summed E-state index contributed by atoms with van der Waals surface area (Å²) in [5.74, 6) is -2.72. The first-order valence-electron chi connectivity index (χ1n) is 4.23. The number of ketones is 1. The molecule has 0 N–H and O–H groups in total. The van der Waals surface area contributed by atoms with E-state index in [1.807, 2.05) is 0 Å². The number of esters is 1. The molecule has 0 amide bonds. The van der Waals surface area contributed by atoms with Crippen molar-refractivity contribution in [3.05, 3.63) is 34.6 Å². The van der Waals surface area contributed by atoms with Crippen molar-refractivity contribution in [2.45, 2.75) is 6.92 Å². The summed E-state index contributed by atoms with van der Waals surface area (Å²) in [5.41, 5.74) is -0.185. The van der Waals surface area contributed by atoms with Crippen molar-refractivity contribution in [2.24, 2.45) is 0 Å². The molecule has 1 aromatic rings. The Labute approximate surface area is 90.8 Å². The van der Waals surface area contributed by atoms with Crippen LogP contribution in [0.5, 0.6) is 0 Å². The Morgan fingerprint density at radius 1 is 1.47 bits per heavy atom. The highest BCUT2D eigenvalue weighted by Gasteiger charge is 2.21. The lowest BCUT2D eigenvalue weighted by molar-refractivity contribution is -0.137. The molecule has 1 aromatic carbocycles.